The van der Waals surface area contributed by atoms with Crippen LogP contribution in [0.25, 0.3) is 76.6 Å². The lowest BCUT2D eigenvalue weighted by atomic mass is 9.78. The molecule has 0 saturated carbocycles. The summed E-state index contributed by atoms with van der Waals surface area (Å²) in [6.45, 7) is 4.78. The van der Waals surface area contributed by atoms with Crippen LogP contribution in [0.5, 0.6) is 0 Å². The maximum absolute atomic E-state index is 4.65. The summed E-state index contributed by atoms with van der Waals surface area (Å²) >= 11 is 0. The fraction of sp³-hybridized carbons (Fsp3) is 0.0714. The quantitative estimate of drug-likeness (QED) is 0.196. The molecule has 0 amide bonds. The third kappa shape index (κ3) is 3.37. The van der Waals surface area contributed by atoms with Crippen molar-refractivity contribution in [3.05, 3.63) is 151 Å². The Bertz CT molecular complexity index is 2390. The van der Waals surface area contributed by atoms with Gasteiger partial charge in [0, 0.05) is 17.2 Å². The fourth-order valence-corrected chi connectivity index (χ4v) is 7.79. The molecule has 0 unspecified atom stereocenters. The van der Waals surface area contributed by atoms with Gasteiger partial charge in [0.25, 0.3) is 0 Å². The topological polar surface area (TPSA) is 12.9 Å². The van der Waals surface area contributed by atoms with E-state index < -0.39 is 0 Å². The first-order chi connectivity index (χ1) is 21.1. The Labute approximate surface area is 251 Å². The molecule has 0 N–H and O–H groups in total. The molecule has 1 aliphatic carbocycles. The number of rotatable bonds is 2. The standard InChI is InChI=1S/C42H29N/c1-42(2)38-18-6-5-12-32(38)36-23-22-35-31-21-20-26(25-37(31)30-11-3-4-13-34(30)40(35)41(36)42)27-14-9-16-29-28(27)15-10-17-33(29)39-19-7-8-24-43-39/h3-25H,1-2H3. The summed E-state index contributed by atoms with van der Waals surface area (Å²) in [4.78, 5) is 4.65. The van der Waals surface area contributed by atoms with E-state index in [4.69, 9.17) is 0 Å². The normalized spacial score (nSPS) is 13.5. The van der Waals surface area contributed by atoms with E-state index in [1.54, 1.807) is 0 Å². The first-order valence-electron chi connectivity index (χ1n) is 15.1. The molecule has 1 aromatic heterocycles. The monoisotopic (exact) mass is 547 g/mol. The maximum Gasteiger partial charge on any atom is 0.0708 e. The van der Waals surface area contributed by atoms with E-state index >= 15 is 0 Å². The van der Waals surface area contributed by atoms with Crippen molar-refractivity contribution < 1.29 is 0 Å². The molecule has 0 fully saturated rings. The van der Waals surface area contributed by atoms with Gasteiger partial charge in [0.15, 0.2) is 0 Å². The van der Waals surface area contributed by atoms with Crippen LogP contribution in [0.2, 0.25) is 0 Å². The molecule has 1 heteroatoms. The van der Waals surface area contributed by atoms with Crippen LogP contribution in [0.1, 0.15) is 25.0 Å². The molecule has 202 valence electrons. The van der Waals surface area contributed by atoms with Crippen molar-refractivity contribution in [2.24, 2.45) is 0 Å². The second kappa shape index (κ2) is 8.86. The molecule has 0 spiro atoms. The van der Waals surface area contributed by atoms with E-state index in [9.17, 15) is 0 Å². The molecular formula is C42H29N. The number of hydrogen-bond acceptors (Lipinski definition) is 1. The largest absolute Gasteiger partial charge is 0.256 e. The van der Waals surface area contributed by atoms with E-state index in [2.05, 4.69) is 146 Å². The van der Waals surface area contributed by atoms with Gasteiger partial charge in [-0.3, -0.25) is 4.98 Å². The summed E-state index contributed by atoms with van der Waals surface area (Å²) in [5, 5.41) is 10.4. The third-order valence-electron chi connectivity index (χ3n) is 9.69. The van der Waals surface area contributed by atoms with Crippen LogP contribution >= 0.6 is 0 Å². The molecule has 43 heavy (non-hydrogen) atoms. The number of fused-ring (bicyclic) bond motifs is 11. The van der Waals surface area contributed by atoms with Crippen molar-refractivity contribution >= 4 is 43.1 Å². The zero-order valence-electron chi connectivity index (χ0n) is 24.2. The molecule has 1 nitrogen and oxygen atoms in total. The molecule has 9 rings (SSSR count). The van der Waals surface area contributed by atoms with Crippen molar-refractivity contribution in [3.8, 4) is 33.5 Å². The number of pyridine rings is 1. The van der Waals surface area contributed by atoms with Gasteiger partial charge in [-0.15, -0.1) is 0 Å². The fourth-order valence-electron chi connectivity index (χ4n) is 7.79. The Kier molecular flexibility index (Phi) is 5.02. The molecule has 0 atom stereocenters. The molecule has 8 aromatic rings. The van der Waals surface area contributed by atoms with Gasteiger partial charge in [-0.1, -0.05) is 129 Å². The van der Waals surface area contributed by atoms with E-state index in [1.807, 2.05) is 12.3 Å². The lowest BCUT2D eigenvalue weighted by Crippen LogP contribution is -2.15. The summed E-state index contributed by atoms with van der Waals surface area (Å²) in [5.74, 6) is 0. The van der Waals surface area contributed by atoms with Crippen molar-refractivity contribution in [2.45, 2.75) is 19.3 Å². The van der Waals surface area contributed by atoms with Gasteiger partial charge in [0.2, 0.25) is 0 Å². The first-order valence-corrected chi connectivity index (χ1v) is 15.1. The lowest BCUT2D eigenvalue weighted by Gasteiger charge is -2.24. The number of benzene rings is 7. The van der Waals surface area contributed by atoms with Crippen molar-refractivity contribution in [2.75, 3.05) is 0 Å². The highest BCUT2D eigenvalue weighted by molar-refractivity contribution is 6.28. The summed E-state index contributed by atoms with van der Waals surface area (Å²) in [7, 11) is 0. The van der Waals surface area contributed by atoms with E-state index in [1.165, 1.54) is 76.5 Å². The van der Waals surface area contributed by atoms with Crippen molar-refractivity contribution in [3.63, 3.8) is 0 Å². The van der Waals surface area contributed by atoms with E-state index in [-0.39, 0.29) is 5.41 Å². The van der Waals surface area contributed by atoms with Crippen LogP contribution in [0, 0.1) is 0 Å². The van der Waals surface area contributed by atoms with Crippen LogP contribution in [0.3, 0.4) is 0 Å². The Morgan fingerprint density at radius 2 is 1.07 bits per heavy atom. The predicted molar refractivity (Wildman–Crippen MR) is 183 cm³/mol. The van der Waals surface area contributed by atoms with Gasteiger partial charge < -0.3 is 0 Å². The van der Waals surface area contributed by atoms with Crippen molar-refractivity contribution in [1.29, 1.82) is 0 Å². The summed E-state index contributed by atoms with van der Waals surface area (Å²) in [6.07, 6.45) is 1.87. The smallest absolute Gasteiger partial charge is 0.0708 e. The third-order valence-corrected chi connectivity index (χ3v) is 9.69. The molecule has 0 bridgehead atoms. The second-order valence-electron chi connectivity index (χ2n) is 12.3. The molecular weight excluding hydrogens is 518 g/mol. The number of hydrogen-bond donors (Lipinski definition) is 0. The summed E-state index contributed by atoms with van der Waals surface area (Å²) < 4.78 is 0. The van der Waals surface area contributed by atoms with Crippen LogP contribution in [-0.2, 0) is 5.41 Å². The molecule has 1 heterocycles. The average molecular weight is 548 g/mol. The highest BCUT2D eigenvalue weighted by atomic mass is 14.7. The first kappa shape index (κ1) is 24.3. The van der Waals surface area contributed by atoms with Gasteiger partial charge in [0.1, 0.15) is 0 Å². The zero-order valence-corrected chi connectivity index (χ0v) is 24.2. The van der Waals surface area contributed by atoms with Crippen LogP contribution in [0.15, 0.2) is 140 Å². The minimum atomic E-state index is -0.0733. The highest BCUT2D eigenvalue weighted by Crippen LogP contribution is 2.53. The minimum Gasteiger partial charge on any atom is -0.256 e. The zero-order chi connectivity index (χ0) is 28.7. The Balaban J connectivity index is 1.33. The van der Waals surface area contributed by atoms with Gasteiger partial charge >= 0.3 is 0 Å². The Hall–Kier alpha value is -5.27. The van der Waals surface area contributed by atoms with Crippen LogP contribution in [0.4, 0.5) is 0 Å². The average Bonchev–Trinajstić information content (AvgIpc) is 3.30. The van der Waals surface area contributed by atoms with Gasteiger partial charge in [-0.25, -0.2) is 0 Å². The van der Waals surface area contributed by atoms with E-state index in [0.717, 1.165) is 11.3 Å². The predicted octanol–water partition coefficient (Wildman–Crippen LogP) is 11.3. The molecule has 1 aliphatic rings. The van der Waals surface area contributed by atoms with E-state index in [0.29, 0.717) is 0 Å². The molecule has 7 aromatic carbocycles. The van der Waals surface area contributed by atoms with Crippen molar-refractivity contribution in [1.82, 2.24) is 4.98 Å². The molecule has 0 aliphatic heterocycles. The summed E-state index contributed by atoms with van der Waals surface area (Å²) in [5.41, 5.74) is 10.2. The number of nitrogens with zero attached hydrogens (tertiary/aromatic N) is 1. The SMILES string of the molecule is CC1(C)c2ccccc2-c2ccc3c4ccc(-c5cccc6c(-c7ccccn7)cccc56)cc4c4ccccc4c3c21. The molecule has 0 radical (unpaired) electrons. The number of aromatic nitrogens is 1. The van der Waals surface area contributed by atoms with Gasteiger partial charge in [-0.2, -0.15) is 0 Å². The minimum absolute atomic E-state index is 0.0733. The van der Waals surface area contributed by atoms with Gasteiger partial charge in [-0.05, 0) is 94.7 Å². The highest BCUT2D eigenvalue weighted by Gasteiger charge is 2.37. The molecule has 0 saturated heterocycles. The summed E-state index contributed by atoms with van der Waals surface area (Å²) in [6, 6.07) is 49.0. The Morgan fingerprint density at radius 3 is 1.91 bits per heavy atom. The Morgan fingerprint density at radius 1 is 0.442 bits per heavy atom. The van der Waals surface area contributed by atoms with Gasteiger partial charge in [0.05, 0.1) is 5.69 Å². The van der Waals surface area contributed by atoms with Crippen LogP contribution in [-0.4, -0.2) is 4.98 Å². The lowest BCUT2D eigenvalue weighted by molar-refractivity contribution is 0.666. The van der Waals surface area contributed by atoms with Crippen LogP contribution < -0.4 is 0 Å². The second-order valence-corrected chi connectivity index (χ2v) is 12.3. The maximum atomic E-state index is 4.65.